The predicted octanol–water partition coefficient (Wildman–Crippen LogP) is 6.06. The fourth-order valence-corrected chi connectivity index (χ4v) is 5.82. The molecule has 48 heavy (non-hydrogen) atoms. The highest BCUT2D eigenvalue weighted by Gasteiger charge is 2.21. The summed E-state index contributed by atoms with van der Waals surface area (Å²) < 4.78 is 11.7. The number of aryl methyl sites for hydroxylation is 1. The van der Waals surface area contributed by atoms with Gasteiger partial charge >= 0.3 is 0 Å². The number of fused-ring (bicyclic) bond motifs is 1. The molecule has 3 aromatic carbocycles. The van der Waals surface area contributed by atoms with Gasteiger partial charge in [0, 0.05) is 63.0 Å². The summed E-state index contributed by atoms with van der Waals surface area (Å²) in [6, 6.07) is 16.4. The van der Waals surface area contributed by atoms with E-state index in [4.69, 9.17) is 9.47 Å². The Hall–Kier alpha value is -3.99. The number of piperazine rings is 1. The zero-order valence-electron chi connectivity index (χ0n) is 28.2. The maximum absolute atomic E-state index is 13.6. The molecule has 1 saturated heterocycles. The van der Waals surface area contributed by atoms with Crippen molar-refractivity contribution in [2.75, 3.05) is 76.1 Å². The third-order valence-corrected chi connectivity index (χ3v) is 8.71. The highest BCUT2D eigenvalue weighted by atomic mass is 35.5. The topological polar surface area (TPSA) is 103 Å². The van der Waals surface area contributed by atoms with Gasteiger partial charge in [0.25, 0.3) is 11.8 Å². The average Bonchev–Trinajstić information content (AvgIpc) is 3.54. The summed E-state index contributed by atoms with van der Waals surface area (Å²) in [7, 11) is 5.31. The molecule has 2 N–H and O–H groups in total. The first-order chi connectivity index (χ1) is 22.2. The number of amides is 3. The molecule has 2 heterocycles. The molecule has 0 bridgehead atoms. The van der Waals surface area contributed by atoms with Crippen molar-refractivity contribution in [2.24, 2.45) is 0 Å². The standard InChI is InChI=1S/C36H45N5O5.2ClH/c1-25-9-14-31(33(22-25)46-21-7-5-6-8-34(42)41-19-17-39(2)18-20-41)40(3)36(44)28-12-13-29(32(24-28)45-4)38-35(43)27-11-10-26-15-16-37-30(26)23-27;;/h9-14,22-24,37H,5-8,15-21H2,1-4H3,(H,38,43);2*1H. The van der Waals surface area contributed by atoms with Gasteiger partial charge in [0.1, 0.15) is 11.5 Å². The van der Waals surface area contributed by atoms with Gasteiger partial charge in [0.15, 0.2) is 0 Å². The molecule has 3 aromatic rings. The van der Waals surface area contributed by atoms with Gasteiger partial charge < -0.3 is 34.8 Å². The molecule has 3 amide bonds. The van der Waals surface area contributed by atoms with Crippen molar-refractivity contribution < 1.29 is 23.9 Å². The van der Waals surface area contributed by atoms with Crippen molar-refractivity contribution in [2.45, 2.75) is 39.0 Å². The minimum atomic E-state index is -0.255. The lowest BCUT2D eigenvalue weighted by Gasteiger charge is -2.32. The minimum Gasteiger partial charge on any atom is -0.495 e. The van der Waals surface area contributed by atoms with Crippen LogP contribution in [0.1, 0.15) is 57.5 Å². The summed E-state index contributed by atoms with van der Waals surface area (Å²) in [6.07, 6.45) is 4.05. The number of nitrogens with zero attached hydrogens (tertiary/aromatic N) is 3. The van der Waals surface area contributed by atoms with Gasteiger partial charge in [-0.3, -0.25) is 14.4 Å². The normalized spacial score (nSPS) is 13.7. The third kappa shape index (κ3) is 9.55. The quantitative estimate of drug-likeness (QED) is 0.222. The zero-order valence-corrected chi connectivity index (χ0v) is 29.8. The number of carbonyl (C=O) groups is 3. The molecular weight excluding hydrogens is 653 g/mol. The molecule has 0 aliphatic carbocycles. The van der Waals surface area contributed by atoms with Gasteiger partial charge in [-0.1, -0.05) is 12.1 Å². The molecule has 2 aliphatic rings. The second kappa shape index (κ2) is 18.0. The lowest BCUT2D eigenvalue weighted by atomic mass is 10.1. The second-order valence-corrected chi connectivity index (χ2v) is 12.1. The van der Waals surface area contributed by atoms with Gasteiger partial charge in [-0.15, -0.1) is 24.8 Å². The molecular formula is C36H47Cl2N5O5. The van der Waals surface area contributed by atoms with E-state index in [1.165, 1.54) is 12.7 Å². The minimum absolute atomic E-state index is 0. The van der Waals surface area contributed by atoms with Crippen molar-refractivity contribution in [3.05, 3.63) is 76.9 Å². The summed E-state index contributed by atoms with van der Waals surface area (Å²) in [5, 5.41) is 6.21. The Morgan fingerprint density at radius 2 is 1.65 bits per heavy atom. The van der Waals surface area contributed by atoms with Crippen LogP contribution in [0.15, 0.2) is 54.6 Å². The van der Waals surface area contributed by atoms with Crippen LogP contribution in [0.2, 0.25) is 0 Å². The summed E-state index contributed by atoms with van der Waals surface area (Å²) in [5.41, 5.74) is 5.30. The lowest BCUT2D eigenvalue weighted by molar-refractivity contribution is -0.132. The predicted molar refractivity (Wildman–Crippen MR) is 196 cm³/mol. The summed E-state index contributed by atoms with van der Waals surface area (Å²) in [5.74, 6) is 0.757. The van der Waals surface area contributed by atoms with Crippen molar-refractivity contribution in [1.29, 1.82) is 0 Å². The summed E-state index contributed by atoms with van der Waals surface area (Å²) in [6.45, 7) is 6.82. The Bertz CT molecular complexity index is 1580. The molecule has 0 spiro atoms. The smallest absolute Gasteiger partial charge is 0.258 e. The van der Waals surface area contributed by atoms with Crippen molar-refractivity contribution in [1.82, 2.24) is 9.80 Å². The van der Waals surface area contributed by atoms with Crippen LogP contribution in [0.4, 0.5) is 17.1 Å². The molecule has 10 nitrogen and oxygen atoms in total. The lowest BCUT2D eigenvalue weighted by Crippen LogP contribution is -2.47. The second-order valence-electron chi connectivity index (χ2n) is 12.1. The van der Waals surface area contributed by atoms with Crippen LogP contribution in [-0.4, -0.2) is 88.1 Å². The monoisotopic (exact) mass is 699 g/mol. The van der Waals surface area contributed by atoms with Gasteiger partial charge in [-0.25, -0.2) is 0 Å². The SMILES string of the molecule is COc1cc(C(=O)N(C)c2ccc(C)cc2OCCCCCC(=O)N2CCN(C)CC2)ccc1NC(=O)c1ccc2c(c1)NCC2.Cl.Cl. The van der Waals surface area contributed by atoms with E-state index in [1.54, 1.807) is 30.1 Å². The average molecular weight is 701 g/mol. The van der Waals surface area contributed by atoms with Crippen molar-refractivity contribution in [3.8, 4) is 11.5 Å². The summed E-state index contributed by atoms with van der Waals surface area (Å²) >= 11 is 0. The van der Waals surface area contributed by atoms with E-state index in [2.05, 4.69) is 22.6 Å². The van der Waals surface area contributed by atoms with Crippen LogP contribution in [0.5, 0.6) is 11.5 Å². The van der Waals surface area contributed by atoms with Crippen molar-refractivity contribution >= 4 is 59.6 Å². The van der Waals surface area contributed by atoms with E-state index >= 15 is 0 Å². The molecule has 12 heteroatoms. The molecule has 2 aliphatic heterocycles. The molecule has 0 saturated carbocycles. The number of hydrogen-bond donors (Lipinski definition) is 2. The number of nitrogens with one attached hydrogen (secondary N) is 2. The van der Waals surface area contributed by atoms with Gasteiger partial charge in [-0.05, 0) is 93.2 Å². The van der Waals surface area contributed by atoms with E-state index in [0.29, 0.717) is 47.0 Å². The largest absolute Gasteiger partial charge is 0.495 e. The Balaban J connectivity index is 0.00000312. The highest BCUT2D eigenvalue weighted by molar-refractivity contribution is 6.09. The molecule has 260 valence electrons. The Labute approximate surface area is 295 Å². The number of unbranched alkanes of at least 4 members (excludes halogenated alkanes) is 2. The number of hydrogen-bond acceptors (Lipinski definition) is 7. The Morgan fingerprint density at radius 3 is 2.40 bits per heavy atom. The van der Waals surface area contributed by atoms with E-state index in [1.807, 2.05) is 48.2 Å². The van der Waals surface area contributed by atoms with Crippen LogP contribution < -0.4 is 25.0 Å². The maximum Gasteiger partial charge on any atom is 0.258 e. The molecule has 1 fully saturated rings. The van der Waals surface area contributed by atoms with Crippen molar-refractivity contribution in [3.63, 3.8) is 0 Å². The number of halogens is 2. The van der Waals surface area contributed by atoms with Gasteiger partial charge in [-0.2, -0.15) is 0 Å². The molecule has 0 atom stereocenters. The number of anilines is 3. The fourth-order valence-electron chi connectivity index (χ4n) is 5.82. The number of methoxy groups -OCH3 is 1. The number of ether oxygens (including phenoxy) is 2. The van der Waals surface area contributed by atoms with Crippen LogP contribution >= 0.6 is 24.8 Å². The third-order valence-electron chi connectivity index (χ3n) is 8.71. The molecule has 0 unspecified atom stereocenters. The van der Waals surface area contributed by atoms with Crippen LogP contribution in [0.3, 0.4) is 0 Å². The molecule has 0 radical (unpaired) electrons. The number of benzene rings is 3. The van der Waals surface area contributed by atoms with Gasteiger partial charge in [0.05, 0.1) is 25.1 Å². The van der Waals surface area contributed by atoms with Gasteiger partial charge in [0.2, 0.25) is 5.91 Å². The highest BCUT2D eigenvalue weighted by Crippen LogP contribution is 2.32. The van der Waals surface area contributed by atoms with Crippen LogP contribution in [0, 0.1) is 6.92 Å². The van der Waals surface area contributed by atoms with Crippen LogP contribution in [0.25, 0.3) is 0 Å². The first-order valence-electron chi connectivity index (χ1n) is 16.1. The van der Waals surface area contributed by atoms with E-state index in [0.717, 1.165) is 69.7 Å². The first-order valence-corrected chi connectivity index (χ1v) is 16.1. The number of rotatable bonds is 12. The Morgan fingerprint density at radius 1 is 0.896 bits per heavy atom. The van der Waals surface area contributed by atoms with E-state index in [-0.39, 0.29) is 42.5 Å². The number of likely N-dealkylation sites (N-methyl/N-ethyl adjacent to an activating group) is 1. The maximum atomic E-state index is 13.6. The number of carbonyl (C=O) groups excluding carboxylic acids is 3. The molecule has 5 rings (SSSR count). The van der Waals surface area contributed by atoms with E-state index < -0.39 is 0 Å². The zero-order chi connectivity index (χ0) is 32.6. The fraction of sp³-hybridized carbons (Fsp3) is 0.417. The molecule has 0 aromatic heterocycles. The van der Waals surface area contributed by atoms with Crippen LogP contribution in [-0.2, 0) is 11.2 Å². The van der Waals surface area contributed by atoms with E-state index in [9.17, 15) is 14.4 Å². The first kappa shape index (κ1) is 38.5. The summed E-state index contributed by atoms with van der Waals surface area (Å²) in [4.78, 5) is 44.9. The Kier molecular flexibility index (Phi) is 14.4.